The van der Waals surface area contributed by atoms with Crippen molar-refractivity contribution in [2.45, 2.75) is 6.04 Å². The van der Waals surface area contributed by atoms with Crippen molar-refractivity contribution in [3.63, 3.8) is 0 Å². The number of ketones is 1. The first-order chi connectivity index (χ1) is 16.4. The van der Waals surface area contributed by atoms with E-state index < -0.39 is 28.4 Å². The van der Waals surface area contributed by atoms with Gasteiger partial charge in [-0.15, -0.1) is 0 Å². The first kappa shape index (κ1) is 21.3. The standard InChI is InChI=1S/C23H15N3O7S/c1-32-14-8-9-15-17(11-14)34-23(24-15)25-19(12-4-6-13(7-5-12)26(30)31)18(21(28)22(25)29)20(27)16-3-2-10-33-16/h2-11,19,28H,1H3. The number of benzene rings is 2. The Labute approximate surface area is 195 Å². The predicted octanol–water partition coefficient (Wildman–Crippen LogP) is 4.59. The molecular formula is C23H15N3O7S. The fourth-order valence-electron chi connectivity index (χ4n) is 3.79. The number of carbonyl (C=O) groups is 2. The maximum atomic E-state index is 13.2. The van der Waals surface area contributed by atoms with Gasteiger partial charge in [-0.1, -0.05) is 11.3 Å². The maximum Gasteiger partial charge on any atom is 0.296 e. The number of aliphatic hydroxyl groups is 1. The van der Waals surface area contributed by atoms with Gasteiger partial charge in [-0.2, -0.15) is 0 Å². The Morgan fingerprint density at radius 2 is 2.00 bits per heavy atom. The van der Waals surface area contributed by atoms with E-state index in [1.165, 1.54) is 66.0 Å². The summed E-state index contributed by atoms with van der Waals surface area (Å²) in [6, 6.07) is 12.5. The minimum absolute atomic E-state index is 0.0582. The number of rotatable bonds is 6. The topological polar surface area (TPSA) is 136 Å². The molecule has 1 aliphatic heterocycles. The summed E-state index contributed by atoms with van der Waals surface area (Å²) in [5, 5.41) is 22.1. The van der Waals surface area contributed by atoms with Crippen molar-refractivity contribution in [1.29, 1.82) is 0 Å². The summed E-state index contributed by atoms with van der Waals surface area (Å²) in [6.07, 6.45) is 1.31. The van der Waals surface area contributed by atoms with Gasteiger partial charge < -0.3 is 14.3 Å². The SMILES string of the molecule is COc1ccc2nc(N3C(=O)C(O)=C(C(=O)c4ccco4)C3c3ccc([N+](=O)[O-])cc3)sc2c1. The Hall–Kier alpha value is -4.51. The number of thiazole rings is 1. The molecule has 0 spiro atoms. The average Bonchev–Trinajstić information content (AvgIpc) is 3.57. The van der Waals surface area contributed by atoms with E-state index in [2.05, 4.69) is 4.98 Å². The van der Waals surface area contributed by atoms with Crippen molar-refractivity contribution < 1.29 is 28.8 Å². The summed E-state index contributed by atoms with van der Waals surface area (Å²) < 4.78 is 11.2. The lowest BCUT2D eigenvalue weighted by molar-refractivity contribution is -0.384. The van der Waals surface area contributed by atoms with Gasteiger partial charge in [0.2, 0.25) is 5.78 Å². The summed E-state index contributed by atoms with van der Waals surface area (Å²) in [5.41, 5.74) is 0.626. The van der Waals surface area contributed by atoms with E-state index >= 15 is 0 Å². The van der Waals surface area contributed by atoms with Gasteiger partial charge >= 0.3 is 0 Å². The van der Waals surface area contributed by atoms with Crippen LogP contribution in [0.3, 0.4) is 0 Å². The molecule has 2 aromatic heterocycles. The van der Waals surface area contributed by atoms with Gasteiger partial charge in [0.1, 0.15) is 5.75 Å². The molecule has 1 N–H and O–H groups in total. The molecule has 1 amide bonds. The summed E-state index contributed by atoms with van der Waals surface area (Å²) in [4.78, 5) is 42.7. The average molecular weight is 477 g/mol. The van der Waals surface area contributed by atoms with Crippen LogP contribution < -0.4 is 9.64 Å². The second kappa shape index (κ2) is 8.12. The van der Waals surface area contributed by atoms with E-state index in [1.54, 1.807) is 18.2 Å². The maximum absolute atomic E-state index is 13.2. The number of ether oxygens (including phenoxy) is 1. The van der Waals surface area contributed by atoms with Crippen molar-refractivity contribution in [1.82, 2.24) is 4.98 Å². The highest BCUT2D eigenvalue weighted by Gasteiger charge is 2.46. The molecule has 2 aromatic carbocycles. The molecule has 1 unspecified atom stereocenters. The number of fused-ring (bicyclic) bond motifs is 1. The van der Waals surface area contributed by atoms with Crippen LogP contribution in [0, 0.1) is 10.1 Å². The molecule has 1 atom stereocenters. The number of anilines is 1. The van der Waals surface area contributed by atoms with Crippen LogP contribution in [0.4, 0.5) is 10.8 Å². The van der Waals surface area contributed by atoms with Crippen LogP contribution in [0.5, 0.6) is 5.75 Å². The van der Waals surface area contributed by atoms with E-state index in [1.807, 2.05) is 0 Å². The molecule has 3 heterocycles. The number of hydrogen-bond donors (Lipinski definition) is 1. The number of nitrogens with zero attached hydrogens (tertiary/aromatic N) is 3. The number of non-ortho nitro benzene ring substituents is 1. The van der Waals surface area contributed by atoms with E-state index in [0.717, 1.165) is 4.70 Å². The Balaban J connectivity index is 1.66. The summed E-state index contributed by atoms with van der Waals surface area (Å²) in [6.45, 7) is 0. The molecule has 0 saturated heterocycles. The second-order valence-corrected chi connectivity index (χ2v) is 8.33. The zero-order valence-corrected chi connectivity index (χ0v) is 18.3. The minimum atomic E-state index is -1.08. The first-order valence-electron chi connectivity index (χ1n) is 9.93. The number of amides is 1. The second-order valence-electron chi connectivity index (χ2n) is 7.33. The third kappa shape index (κ3) is 3.39. The van der Waals surface area contributed by atoms with Crippen molar-refractivity contribution in [3.05, 3.63) is 93.6 Å². The lowest BCUT2D eigenvalue weighted by Crippen LogP contribution is -2.30. The molecule has 1 aliphatic rings. The largest absolute Gasteiger partial charge is 0.503 e. The Morgan fingerprint density at radius 1 is 1.24 bits per heavy atom. The molecule has 34 heavy (non-hydrogen) atoms. The van der Waals surface area contributed by atoms with E-state index in [4.69, 9.17) is 9.15 Å². The summed E-state index contributed by atoms with van der Waals surface area (Å²) in [5.74, 6) is -1.68. The van der Waals surface area contributed by atoms with Crippen molar-refractivity contribution in [2.24, 2.45) is 0 Å². The Bertz CT molecular complexity index is 1470. The summed E-state index contributed by atoms with van der Waals surface area (Å²) in [7, 11) is 1.53. The number of furan rings is 1. The van der Waals surface area contributed by atoms with E-state index in [9.17, 15) is 24.8 Å². The lowest BCUT2D eigenvalue weighted by Gasteiger charge is -2.24. The van der Waals surface area contributed by atoms with Crippen LogP contribution in [0.2, 0.25) is 0 Å². The number of nitro benzene ring substituents is 1. The molecule has 0 saturated carbocycles. The number of methoxy groups -OCH3 is 1. The van der Waals surface area contributed by atoms with Gasteiger partial charge in [-0.05, 0) is 48.0 Å². The number of Topliss-reactive ketones (excluding diaryl/α,β-unsaturated/α-hetero) is 1. The molecule has 0 bridgehead atoms. The number of carbonyl (C=O) groups excluding carboxylic acids is 2. The van der Waals surface area contributed by atoms with Gasteiger partial charge in [0.25, 0.3) is 11.6 Å². The number of aromatic nitrogens is 1. The monoisotopic (exact) mass is 477 g/mol. The van der Waals surface area contributed by atoms with Crippen LogP contribution in [0.25, 0.3) is 10.2 Å². The molecular weight excluding hydrogens is 462 g/mol. The third-order valence-electron chi connectivity index (χ3n) is 5.41. The van der Waals surface area contributed by atoms with Crippen molar-refractivity contribution in [2.75, 3.05) is 12.0 Å². The normalized spacial score (nSPS) is 15.9. The predicted molar refractivity (Wildman–Crippen MR) is 122 cm³/mol. The molecule has 4 aromatic rings. The van der Waals surface area contributed by atoms with Crippen molar-refractivity contribution in [3.8, 4) is 5.75 Å². The van der Waals surface area contributed by atoms with E-state index in [-0.39, 0.29) is 22.2 Å². The minimum Gasteiger partial charge on any atom is -0.503 e. The van der Waals surface area contributed by atoms with Crippen LogP contribution >= 0.6 is 11.3 Å². The van der Waals surface area contributed by atoms with Gasteiger partial charge in [-0.25, -0.2) is 4.98 Å². The highest BCUT2D eigenvalue weighted by molar-refractivity contribution is 7.22. The molecule has 11 heteroatoms. The fraction of sp³-hybridized carbons (Fsp3) is 0.0870. The van der Waals surface area contributed by atoms with Gasteiger partial charge in [0.05, 0.1) is 40.1 Å². The smallest absolute Gasteiger partial charge is 0.296 e. The third-order valence-corrected chi connectivity index (χ3v) is 6.43. The molecule has 10 nitrogen and oxygen atoms in total. The highest BCUT2D eigenvalue weighted by Crippen LogP contribution is 2.44. The highest BCUT2D eigenvalue weighted by atomic mass is 32.1. The van der Waals surface area contributed by atoms with Gasteiger partial charge in [0, 0.05) is 12.1 Å². The number of nitro groups is 1. The lowest BCUT2D eigenvalue weighted by atomic mass is 9.95. The Morgan fingerprint density at radius 3 is 2.65 bits per heavy atom. The molecule has 170 valence electrons. The molecule has 5 rings (SSSR count). The Kier molecular flexibility index (Phi) is 5.10. The zero-order valence-electron chi connectivity index (χ0n) is 17.5. The molecule has 0 radical (unpaired) electrons. The van der Waals surface area contributed by atoms with Crippen LogP contribution in [-0.4, -0.2) is 33.8 Å². The number of aliphatic hydroxyl groups excluding tert-OH is 1. The van der Waals surface area contributed by atoms with Crippen LogP contribution in [-0.2, 0) is 4.79 Å². The zero-order chi connectivity index (χ0) is 24.0. The fourth-order valence-corrected chi connectivity index (χ4v) is 4.81. The van der Waals surface area contributed by atoms with Crippen LogP contribution in [0.15, 0.2) is 76.6 Å². The van der Waals surface area contributed by atoms with Crippen molar-refractivity contribution >= 4 is 44.1 Å². The quantitative estimate of drug-likeness (QED) is 0.242. The van der Waals surface area contributed by atoms with E-state index in [0.29, 0.717) is 16.8 Å². The molecule has 0 fully saturated rings. The molecule has 0 aliphatic carbocycles. The van der Waals surface area contributed by atoms with Crippen LogP contribution in [0.1, 0.15) is 22.2 Å². The first-order valence-corrected chi connectivity index (χ1v) is 10.7. The summed E-state index contributed by atoms with van der Waals surface area (Å²) >= 11 is 1.18. The number of hydrogen-bond acceptors (Lipinski definition) is 9. The van der Waals surface area contributed by atoms with Gasteiger partial charge in [0.15, 0.2) is 16.7 Å². The van der Waals surface area contributed by atoms with Gasteiger partial charge in [-0.3, -0.25) is 24.6 Å².